The average Bonchev–Trinajstić information content (AvgIpc) is 3.45. The number of hydrogen-bond acceptors (Lipinski definition) is 6. The Morgan fingerprint density at radius 2 is 1.82 bits per heavy atom. The molecule has 1 aliphatic rings. The lowest BCUT2D eigenvalue weighted by Crippen LogP contribution is -2.28. The Balaban J connectivity index is 1.77. The summed E-state index contributed by atoms with van der Waals surface area (Å²) >= 11 is 1.51. The minimum atomic E-state index is -0.742. The highest BCUT2D eigenvalue weighted by atomic mass is 32.1. The molecule has 1 N–H and O–H groups in total. The molecule has 1 aromatic heterocycles. The molecule has 0 spiro atoms. The number of nitrogens with zero attached hydrogens (tertiary/aromatic N) is 1. The summed E-state index contributed by atoms with van der Waals surface area (Å²) in [6, 6.07) is 17.2. The normalized spacial score (nSPS) is 17.4. The van der Waals surface area contributed by atoms with Crippen LogP contribution in [0.25, 0.3) is 5.76 Å². The molecule has 0 bridgehead atoms. The van der Waals surface area contributed by atoms with Crippen molar-refractivity contribution >= 4 is 28.8 Å². The van der Waals surface area contributed by atoms with Gasteiger partial charge in [-0.05, 0) is 59.3 Å². The van der Waals surface area contributed by atoms with Crippen LogP contribution >= 0.6 is 11.3 Å². The monoisotopic (exact) mass is 477 g/mol. The highest BCUT2D eigenvalue weighted by molar-refractivity contribution is 7.09. The highest BCUT2D eigenvalue weighted by Gasteiger charge is 2.46. The van der Waals surface area contributed by atoms with Gasteiger partial charge in [0, 0.05) is 10.4 Å². The standard InChI is InChI=1S/C27H27NO5S/c1-17(2)16-33-20-11-9-18(10-12-20)25(29)23-24(19-6-4-7-21(14-19)32-3)28(27(31)26(23)30)15-22-8-5-13-34-22/h4-14,17,24,29H,15-16H2,1-3H3/b25-23-. The zero-order chi connectivity index (χ0) is 24.2. The van der Waals surface area contributed by atoms with E-state index in [2.05, 4.69) is 13.8 Å². The maximum Gasteiger partial charge on any atom is 0.295 e. The molecule has 4 rings (SSSR count). The first kappa shape index (κ1) is 23.6. The molecule has 0 saturated carbocycles. The molecule has 7 heteroatoms. The minimum Gasteiger partial charge on any atom is -0.507 e. The van der Waals surface area contributed by atoms with Crippen molar-refractivity contribution in [1.82, 2.24) is 4.90 Å². The summed E-state index contributed by atoms with van der Waals surface area (Å²) in [5, 5.41) is 13.2. The van der Waals surface area contributed by atoms with Gasteiger partial charge in [0.15, 0.2) is 0 Å². The van der Waals surface area contributed by atoms with Crippen LogP contribution in [0.15, 0.2) is 71.6 Å². The summed E-state index contributed by atoms with van der Waals surface area (Å²) in [5.74, 6) is 0.103. The van der Waals surface area contributed by atoms with Crippen molar-refractivity contribution in [2.24, 2.45) is 5.92 Å². The van der Waals surface area contributed by atoms with Gasteiger partial charge >= 0.3 is 0 Å². The summed E-state index contributed by atoms with van der Waals surface area (Å²) in [6.07, 6.45) is 0. The van der Waals surface area contributed by atoms with Gasteiger partial charge in [0.05, 0.1) is 31.9 Å². The summed E-state index contributed by atoms with van der Waals surface area (Å²) in [4.78, 5) is 28.7. The third-order valence-corrected chi connectivity index (χ3v) is 6.43. The Kier molecular flexibility index (Phi) is 7.03. The lowest BCUT2D eigenvalue weighted by molar-refractivity contribution is -0.140. The smallest absolute Gasteiger partial charge is 0.295 e. The largest absolute Gasteiger partial charge is 0.507 e. The zero-order valence-electron chi connectivity index (χ0n) is 19.4. The van der Waals surface area contributed by atoms with Crippen molar-refractivity contribution in [2.75, 3.05) is 13.7 Å². The SMILES string of the molecule is COc1cccc(C2/C(=C(/O)c3ccc(OCC(C)C)cc3)C(=O)C(=O)N2Cc2cccs2)c1. The Morgan fingerprint density at radius 3 is 2.47 bits per heavy atom. The van der Waals surface area contributed by atoms with Crippen LogP contribution in [0.4, 0.5) is 0 Å². The predicted octanol–water partition coefficient (Wildman–Crippen LogP) is 5.41. The number of likely N-dealkylation sites (tertiary alicyclic amines) is 1. The van der Waals surface area contributed by atoms with Crippen LogP contribution in [0.5, 0.6) is 11.5 Å². The number of methoxy groups -OCH3 is 1. The fourth-order valence-corrected chi connectivity index (χ4v) is 4.60. The van der Waals surface area contributed by atoms with Gasteiger partial charge in [-0.1, -0.05) is 32.0 Å². The number of ether oxygens (including phenoxy) is 2. The van der Waals surface area contributed by atoms with Crippen LogP contribution in [-0.4, -0.2) is 35.4 Å². The molecule has 3 aromatic rings. The van der Waals surface area contributed by atoms with Gasteiger partial charge < -0.3 is 19.5 Å². The molecule has 1 atom stereocenters. The third-order valence-electron chi connectivity index (χ3n) is 5.57. The number of carbonyl (C=O) groups is 2. The molecule has 1 fully saturated rings. The predicted molar refractivity (Wildman–Crippen MR) is 132 cm³/mol. The topological polar surface area (TPSA) is 76.1 Å². The molecule has 34 heavy (non-hydrogen) atoms. The Labute approximate surface area is 203 Å². The van der Waals surface area contributed by atoms with E-state index < -0.39 is 17.7 Å². The molecule has 176 valence electrons. The van der Waals surface area contributed by atoms with Crippen LogP contribution in [0, 0.1) is 5.92 Å². The number of carbonyl (C=O) groups excluding carboxylic acids is 2. The molecule has 1 unspecified atom stereocenters. The van der Waals surface area contributed by atoms with Crippen molar-refractivity contribution in [2.45, 2.75) is 26.4 Å². The van der Waals surface area contributed by atoms with Crippen LogP contribution in [0.1, 0.15) is 35.9 Å². The van der Waals surface area contributed by atoms with Gasteiger partial charge in [-0.15, -0.1) is 11.3 Å². The summed E-state index contributed by atoms with van der Waals surface area (Å²) in [7, 11) is 1.56. The van der Waals surface area contributed by atoms with Gasteiger partial charge in [0.25, 0.3) is 11.7 Å². The number of aliphatic hydroxyl groups is 1. The molecule has 0 aliphatic carbocycles. The first-order valence-corrected chi connectivity index (χ1v) is 11.9. The van der Waals surface area contributed by atoms with E-state index >= 15 is 0 Å². The quantitative estimate of drug-likeness (QED) is 0.267. The minimum absolute atomic E-state index is 0.0608. The summed E-state index contributed by atoms with van der Waals surface area (Å²) in [5.41, 5.74) is 1.19. The second-order valence-corrected chi connectivity index (χ2v) is 9.54. The van der Waals surface area contributed by atoms with Crippen molar-refractivity contribution in [3.05, 3.63) is 87.6 Å². The van der Waals surface area contributed by atoms with E-state index in [-0.39, 0.29) is 17.9 Å². The Morgan fingerprint density at radius 1 is 1.06 bits per heavy atom. The molecule has 2 aromatic carbocycles. The number of aliphatic hydroxyl groups excluding tert-OH is 1. The van der Waals surface area contributed by atoms with E-state index in [9.17, 15) is 14.7 Å². The molecule has 0 radical (unpaired) electrons. The zero-order valence-corrected chi connectivity index (χ0v) is 20.2. The van der Waals surface area contributed by atoms with Crippen molar-refractivity contribution in [3.63, 3.8) is 0 Å². The van der Waals surface area contributed by atoms with E-state index in [0.29, 0.717) is 35.2 Å². The van der Waals surface area contributed by atoms with Crippen molar-refractivity contribution in [3.8, 4) is 11.5 Å². The fraction of sp³-hybridized carbons (Fsp3) is 0.259. The number of Topliss-reactive ketones (excluding diaryl/α,β-unsaturated/α-hetero) is 1. The maximum absolute atomic E-state index is 13.2. The number of hydrogen-bond donors (Lipinski definition) is 1. The van der Waals surface area contributed by atoms with E-state index in [1.54, 1.807) is 49.6 Å². The molecule has 2 heterocycles. The Hall–Kier alpha value is -3.58. The van der Waals surface area contributed by atoms with Crippen molar-refractivity contribution < 1.29 is 24.2 Å². The molecule has 1 aliphatic heterocycles. The number of rotatable bonds is 8. The van der Waals surface area contributed by atoms with E-state index in [1.165, 1.54) is 16.2 Å². The fourth-order valence-electron chi connectivity index (χ4n) is 3.90. The maximum atomic E-state index is 13.2. The first-order valence-electron chi connectivity index (χ1n) is 11.1. The lowest BCUT2D eigenvalue weighted by Gasteiger charge is -2.25. The van der Waals surface area contributed by atoms with Crippen LogP contribution in [0.2, 0.25) is 0 Å². The van der Waals surface area contributed by atoms with Crippen LogP contribution in [-0.2, 0) is 16.1 Å². The molecular formula is C27H27NO5S. The number of ketones is 1. The number of thiophene rings is 1. The second-order valence-electron chi connectivity index (χ2n) is 8.51. The van der Waals surface area contributed by atoms with E-state index in [1.807, 2.05) is 23.6 Å². The number of benzene rings is 2. The van der Waals surface area contributed by atoms with Crippen LogP contribution in [0.3, 0.4) is 0 Å². The summed E-state index contributed by atoms with van der Waals surface area (Å²) in [6.45, 7) is 4.97. The molecule has 1 amide bonds. The van der Waals surface area contributed by atoms with Gasteiger partial charge in [-0.25, -0.2) is 0 Å². The molecule has 1 saturated heterocycles. The van der Waals surface area contributed by atoms with E-state index in [0.717, 1.165) is 4.88 Å². The van der Waals surface area contributed by atoms with Crippen LogP contribution < -0.4 is 9.47 Å². The lowest BCUT2D eigenvalue weighted by atomic mass is 9.95. The van der Waals surface area contributed by atoms with Gasteiger partial charge in [-0.2, -0.15) is 0 Å². The average molecular weight is 478 g/mol. The third kappa shape index (κ3) is 4.84. The van der Waals surface area contributed by atoms with Gasteiger partial charge in [0.1, 0.15) is 17.3 Å². The Bertz CT molecular complexity index is 1200. The van der Waals surface area contributed by atoms with Gasteiger partial charge in [-0.3, -0.25) is 9.59 Å². The molecule has 6 nitrogen and oxygen atoms in total. The van der Waals surface area contributed by atoms with Crippen molar-refractivity contribution in [1.29, 1.82) is 0 Å². The first-order chi connectivity index (χ1) is 16.4. The molecular weight excluding hydrogens is 450 g/mol. The van der Waals surface area contributed by atoms with Gasteiger partial charge in [0.2, 0.25) is 0 Å². The van der Waals surface area contributed by atoms with E-state index in [4.69, 9.17) is 9.47 Å². The second kappa shape index (κ2) is 10.1. The highest BCUT2D eigenvalue weighted by Crippen LogP contribution is 2.41. The number of amides is 1. The summed E-state index contributed by atoms with van der Waals surface area (Å²) < 4.78 is 11.1.